The minimum atomic E-state index is -0.458. The van der Waals surface area contributed by atoms with Gasteiger partial charge in [0.15, 0.2) is 0 Å². The van der Waals surface area contributed by atoms with Gasteiger partial charge in [-0.25, -0.2) is 4.39 Å². The molecule has 0 aliphatic rings. The van der Waals surface area contributed by atoms with E-state index in [0.29, 0.717) is 22.8 Å². The lowest BCUT2D eigenvalue weighted by Crippen LogP contribution is -1.87. The largest absolute Gasteiger partial charge is 0.298 e. The quantitative estimate of drug-likeness (QED) is 0.622. The Hall–Kier alpha value is -1.77. The molecule has 0 unspecified atom stereocenters. The minimum absolute atomic E-state index is 0.299. The molecule has 0 fully saturated rings. The highest BCUT2D eigenvalue weighted by atomic mass is 19.1. The Labute approximate surface area is 74.0 Å². The number of hydrogen-bond donors (Lipinski definition) is 0. The Morgan fingerprint density at radius 2 is 2.23 bits per heavy atom. The van der Waals surface area contributed by atoms with E-state index in [4.69, 9.17) is 0 Å². The molecule has 0 saturated heterocycles. The molecule has 0 bridgehead atoms. The normalized spacial score (nSPS) is 10.2. The predicted octanol–water partition coefficient (Wildman–Crippen LogP) is 2.19. The summed E-state index contributed by atoms with van der Waals surface area (Å²) in [4.78, 5) is 14.3. The Bertz CT molecular complexity index is 467. The van der Waals surface area contributed by atoms with E-state index in [2.05, 4.69) is 4.98 Å². The summed E-state index contributed by atoms with van der Waals surface area (Å²) in [5.74, 6) is -0.458. The molecule has 13 heavy (non-hydrogen) atoms. The molecule has 0 radical (unpaired) electrons. The van der Waals surface area contributed by atoms with E-state index in [-0.39, 0.29) is 0 Å². The maximum absolute atomic E-state index is 13.2. The second-order valence-electron chi connectivity index (χ2n) is 2.70. The molecule has 0 spiro atoms. The number of aldehydes is 1. The van der Waals surface area contributed by atoms with Crippen LogP contribution < -0.4 is 0 Å². The molecule has 2 aromatic rings. The molecule has 0 atom stereocenters. The minimum Gasteiger partial charge on any atom is -0.298 e. The van der Waals surface area contributed by atoms with Crippen LogP contribution in [0.15, 0.2) is 30.5 Å². The van der Waals surface area contributed by atoms with Gasteiger partial charge in [0.05, 0.1) is 0 Å². The van der Waals surface area contributed by atoms with Crippen LogP contribution in [0, 0.1) is 5.82 Å². The second-order valence-corrected chi connectivity index (χ2v) is 2.70. The lowest BCUT2D eigenvalue weighted by molar-refractivity contribution is 0.112. The van der Waals surface area contributed by atoms with Crippen molar-refractivity contribution in [1.29, 1.82) is 0 Å². The van der Waals surface area contributed by atoms with Crippen molar-refractivity contribution in [3.05, 3.63) is 41.8 Å². The first-order valence-corrected chi connectivity index (χ1v) is 3.81. The number of carbonyl (C=O) groups excluding carboxylic acids is 1. The van der Waals surface area contributed by atoms with Crippen LogP contribution in [0.1, 0.15) is 10.4 Å². The van der Waals surface area contributed by atoms with Crippen molar-refractivity contribution in [2.45, 2.75) is 0 Å². The fourth-order valence-electron chi connectivity index (χ4n) is 1.24. The number of carbonyl (C=O) groups is 1. The van der Waals surface area contributed by atoms with Crippen LogP contribution in [0.2, 0.25) is 0 Å². The van der Waals surface area contributed by atoms with Gasteiger partial charge in [-0.2, -0.15) is 0 Å². The van der Waals surface area contributed by atoms with Crippen molar-refractivity contribution in [2.75, 3.05) is 0 Å². The first-order valence-electron chi connectivity index (χ1n) is 3.81. The maximum atomic E-state index is 13.2. The molecule has 0 aliphatic heterocycles. The van der Waals surface area contributed by atoms with E-state index in [0.717, 1.165) is 0 Å². The zero-order valence-corrected chi connectivity index (χ0v) is 6.70. The van der Waals surface area contributed by atoms with Gasteiger partial charge in [-0.3, -0.25) is 9.78 Å². The highest BCUT2D eigenvalue weighted by molar-refractivity contribution is 5.86. The van der Waals surface area contributed by atoms with Crippen molar-refractivity contribution in [3.63, 3.8) is 0 Å². The maximum Gasteiger partial charge on any atom is 0.150 e. The van der Waals surface area contributed by atoms with E-state index in [1.165, 1.54) is 12.3 Å². The molecule has 2 rings (SSSR count). The predicted molar refractivity (Wildman–Crippen MR) is 47.1 cm³/mol. The van der Waals surface area contributed by atoms with Gasteiger partial charge in [0.25, 0.3) is 0 Å². The van der Waals surface area contributed by atoms with Crippen LogP contribution in [0.5, 0.6) is 0 Å². The third-order valence-electron chi connectivity index (χ3n) is 1.82. The summed E-state index contributed by atoms with van der Waals surface area (Å²) in [6, 6.07) is 6.22. The second kappa shape index (κ2) is 2.94. The monoisotopic (exact) mass is 175 g/mol. The number of fused-ring (bicyclic) bond motifs is 1. The summed E-state index contributed by atoms with van der Waals surface area (Å²) in [5.41, 5.74) is 0.631. The highest BCUT2D eigenvalue weighted by Crippen LogP contribution is 2.16. The summed E-state index contributed by atoms with van der Waals surface area (Å²) >= 11 is 0. The molecule has 1 aromatic carbocycles. The summed E-state index contributed by atoms with van der Waals surface area (Å²) in [5, 5.41) is 0.643. The van der Waals surface area contributed by atoms with E-state index >= 15 is 0 Å². The molecular formula is C10H6FNO. The highest BCUT2D eigenvalue weighted by Gasteiger charge is 2.02. The number of aromatic nitrogens is 1. The van der Waals surface area contributed by atoms with Crippen molar-refractivity contribution in [2.24, 2.45) is 0 Å². The average molecular weight is 175 g/mol. The zero-order chi connectivity index (χ0) is 9.26. The number of halogens is 1. The first-order chi connectivity index (χ1) is 6.31. The third kappa shape index (κ3) is 1.28. The molecule has 3 heteroatoms. The van der Waals surface area contributed by atoms with E-state index in [1.54, 1.807) is 18.2 Å². The number of hydrogen-bond acceptors (Lipinski definition) is 2. The Morgan fingerprint density at radius 1 is 1.38 bits per heavy atom. The average Bonchev–Trinajstić information content (AvgIpc) is 2.18. The summed E-state index contributed by atoms with van der Waals surface area (Å²) < 4.78 is 13.2. The molecule has 0 aliphatic carbocycles. The molecular weight excluding hydrogens is 169 g/mol. The fourth-order valence-corrected chi connectivity index (χ4v) is 1.24. The smallest absolute Gasteiger partial charge is 0.150 e. The van der Waals surface area contributed by atoms with Crippen LogP contribution >= 0.6 is 0 Å². The van der Waals surface area contributed by atoms with Crippen molar-refractivity contribution >= 4 is 17.2 Å². The SMILES string of the molecule is O=Cc1cc(F)c2ncccc2c1. The number of benzene rings is 1. The van der Waals surface area contributed by atoms with Gasteiger partial charge in [-0.1, -0.05) is 6.07 Å². The lowest BCUT2D eigenvalue weighted by atomic mass is 10.1. The van der Waals surface area contributed by atoms with E-state index in [1.807, 2.05) is 0 Å². The van der Waals surface area contributed by atoms with Crippen LogP contribution in [-0.4, -0.2) is 11.3 Å². The summed E-state index contributed by atoms with van der Waals surface area (Å²) in [6.07, 6.45) is 2.14. The van der Waals surface area contributed by atoms with Gasteiger partial charge < -0.3 is 0 Å². The standard InChI is InChI=1S/C10H6FNO/c11-9-5-7(6-13)4-8-2-1-3-12-10(8)9/h1-6H. The molecule has 64 valence electrons. The Morgan fingerprint density at radius 3 is 3.00 bits per heavy atom. The van der Waals surface area contributed by atoms with Gasteiger partial charge in [0, 0.05) is 17.1 Å². The van der Waals surface area contributed by atoms with E-state index in [9.17, 15) is 9.18 Å². The van der Waals surface area contributed by atoms with Crippen LogP contribution in [-0.2, 0) is 0 Å². The molecule has 1 aromatic heterocycles. The van der Waals surface area contributed by atoms with Crippen LogP contribution in [0.3, 0.4) is 0 Å². The Kier molecular flexibility index (Phi) is 1.77. The van der Waals surface area contributed by atoms with Gasteiger partial charge >= 0.3 is 0 Å². The molecule has 0 saturated carbocycles. The lowest BCUT2D eigenvalue weighted by Gasteiger charge is -1.98. The Balaban J connectivity index is 2.84. The van der Waals surface area contributed by atoms with Gasteiger partial charge in [-0.05, 0) is 18.2 Å². The zero-order valence-electron chi connectivity index (χ0n) is 6.70. The van der Waals surface area contributed by atoms with Gasteiger partial charge in [0.1, 0.15) is 17.6 Å². The fraction of sp³-hybridized carbons (Fsp3) is 0. The summed E-state index contributed by atoms with van der Waals surface area (Å²) in [6.45, 7) is 0. The van der Waals surface area contributed by atoms with Crippen LogP contribution in [0.4, 0.5) is 4.39 Å². The van der Waals surface area contributed by atoms with Crippen molar-refractivity contribution < 1.29 is 9.18 Å². The molecule has 0 amide bonds. The van der Waals surface area contributed by atoms with Gasteiger partial charge in [0.2, 0.25) is 0 Å². The topological polar surface area (TPSA) is 30.0 Å². The van der Waals surface area contributed by atoms with Crippen molar-refractivity contribution in [1.82, 2.24) is 4.98 Å². The van der Waals surface area contributed by atoms with Crippen molar-refractivity contribution in [3.8, 4) is 0 Å². The number of pyridine rings is 1. The summed E-state index contributed by atoms with van der Waals surface area (Å²) in [7, 11) is 0. The molecule has 1 heterocycles. The third-order valence-corrected chi connectivity index (χ3v) is 1.82. The molecule has 2 nitrogen and oxygen atoms in total. The van der Waals surface area contributed by atoms with E-state index < -0.39 is 5.82 Å². The van der Waals surface area contributed by atoms with Crippen LogP contribution in [0.25, 0.3) is 10.9 Å². The first kappa shape index (κ1) is 7.86. The number of nitrogens with zero attached hydrogens (tertiary/aromatic N) is 1. The number of rotatable bonds is 1. The molecule has 0 N–H and O–H groups in total. The van der Waals surface area contributed by atoms with Gasteiger partial charge in [-0.15, -0.1) is 0 Å².